The molecule has 20 heavy (non-hydrogen) atoms. The summed E-state index contributed by atoms with van der Waals surface area (Å²) in [6, 6.07) is 0.283. The Labute approximate surface area is 118 Å². The normalized spacial score (nSPS) is 15.2. The fourth-order valence-electron chi connectivity index (χ4n) is 2.74. The minimum Gasteiger partial charge on any atom is -0.395 e. The summed E-state index contributed by atoms with van der Waals surface area (Å²) >= 11 is 0. The molecule has 1 fully saturated rings. The molecule has 2 rings (SSSR count). The first-order valence-corrected chi connectivity index (χ1v) is 7.17. The molecule has 7 nitrogen and oxygen atoms in total. The summed E-state index contributed by atoms with van der Waals surface area (Å²) in [6.45, 7) is 2.38. The topological polar surface area (TPSA) is 84.4 Å². The average Bonchev–Trinajstić information content (AvgIpc) is 2.63. The molecule has 1 heterocycles. The van der Waals surface area contributed by atoms with Crippen LogP contribution in [-0.4, -0.2) is 39.0 Å². The smallest absolute Gasteiger partial charge is 0.334 e. The first-order valence-electron chi connectivity index (χ1n) is 7.17. The minimum absolute atomic E-state index is 0.0120. The van der Waals surface area contributed by atoms with Crippen molar-refractivity contribution in [1.82, 2.24) is 9.78 Å². The van der Waals surface area contributed by atoms with Gasteiger partial charge in [-0.25, -0.2) is 4.68 Å². The predicted octanol–water partition coefficient (Wildman–Crippen LogP) is 1.63. The fraction of sp³-hybridized carbons (Fsp3) is 0.769. The molecule has 1 aromatic rings. The van der Waals surface area contributed by atoms with Crippen LogP contribution in [0, 0.1) is 10.1 Å². The van der Waals surface area contributed by atoms with Crippen LogP contribution >= 0.6 is 0 Å². The summed E-state index contributed by atoms with van der Waals surface area (Å²) in [7, 11) is 1.74. The molecular formula is C13H22N4O3. The third-order valence-electron chi connectivity index (χ3n) is 3.86. The monoisotopic (exact) mass is 282 g/mol. The van der Waals surface area contributed by atoms with E-state index in [0.717, 1.165) is 25.7 Å². The molecule has 0 spiro atoms. The molecule has 7 heteroatoms. The Morgan fingerprint density at radius 3 is 2.70 bits per heavy atom. The van der Waals surface area contributed by atoms with Crippen molar-refractivity contribution in [3.05, 3.63) is 15.8 Å². The van der Waals surface area contributed by atoms with Gasteiger partial charge in [0.25, 0.3) is 0 Å². The van der Waals surface area contributed by atoms with Gasteiger partial charge >= 0.3 is 5.69 Å². The Bertz CT molecular complexity index is 482. The summed E-state index contributed by atoms with van der Waals surface area (Å²) in [5.74, 6) is 0.539. The molecule has 1 N–H and O–H groups in total. The van der Waals surface area contributed by atoms with Crippen LogP contribution in [0.3, 0.4) is 0 Å². The first kappa shape index (κ1) is 14.8. The van der Waals surface area contributed by atoms with Crippen LogP contribution in [0.25, 0.3) is 0 Å². The summed E-state index contributed by atoms with van der Waals surface area (Å²) in [6.07, 6.45) is 4.60. The number of nitro groups is 1. The van der Waals surface area contributed by atoms with Crippen LogP contribution in [0.4, 0.5) is 11.5 Å². The van der Waals surface area contributed by atoms with Crippen molar-refractivity contribution in [1.29, 1.82) is 0 Å². The summed E-state index contributed by atoms with van der Waals surface area (Å²) in [4.78, 5) is 13.0. The second kappa shape index (κ2) is 6.21. The Morgan fingerprint density at radius 2 is 2.25 bits per heavy atom. The van der Waals surface area contributed by atoms with E-state index in [-0.39, 0.29) is 23.3 Å². The van der Waals surface area contributed by atoms with Crippen LogP contribution in [0.1, 0.15) is 38.3 Å². The molecule has 0 radical (unpaired) electrons. The Hall–Kier alpha value is -1.63. The Morgan fingerprint density at radius 1 is 1.55 bits per heavy atom. The van der Waals surface area contributed by atoms with E-state index in [4.69, 9.17) is 0 Å². The van der Waals surface area contributed by atoms with Crippen molar-refractivity contribution in [3.8, 4) is 0 Å². The average molecular weight is 282 g/mol. The molecule has 0 atom stereocenters. The highest BCUT2D eigenvalue weighted by atomic mass is 16.6. The van der Waals surface area contributed by atoms with Crippen molar-refractivity contribution in [3.63, 3.8) is 0 Å². The molecule has 0 aliphatic heterocycles. The number of aryl methyl sites for hydroxylation is 2. The highest BCUT2D eigenvalue weighted by Crippen LogP contribution is 2.37. The van der Waals surface area contributed by atoms with Gasteiger partial charge in [0.15, 0.2) is 0 Å². The number of aliphatic hydroxyl groups excluding tert-OH is 1. The molecule has 0 aromatic carbocycles. The van der Waals surface area contributed by atoms with Gasteiger partial charge in [-0.3, -0.25) is 10.1 Å². The molecular weight excluding hydrogens is 260 g/mol. The maximum Gasteiger partial charge on any atom is 0.334 e. The van der Waals surface area contributed by atoms with Gasteiger partial charge in [0.2, 0.25) is 5.82 Å². The van der Waals surface area contributed by atoms with E-state index < -0.39 is 0 Å². The number of aromatic nitrogens is 2. The molecule has 1 aromatic heterocycles. The van der Waals surface area contributed by atoms with Crippen LogP contribution in [-0.2, 0) is 13.5 Å². The third kappa shape index (κ3) is 2.63. The minimum atomic E-state index is -0.337. The van der Waals surface area contributed by atoms with E-state index in [2.05, 4.69) is 5.10 Å². The standard InChI is InChI=1S/C13H22N4O3/c1-3-5-11-12(17(19)20)13(15(2)14-11)16(8-9-18)10-6-4-7-10/h10,18H,3-9H2,1-2H3. The lowest BCUT2D eigenvalue weighted by Crippen LogP contribution is -2.43. The lowest BCUT2D eigenvalue weighted by atomic mass is 9.91. The van der Waals surface area contributed by atoms with E-state index in [9.17, 15) is 15.2 Å². The molecule has 1 aliphatic rings. The van der Waals surface area contributed by atoms with Crippen molar-refractivity contribution < 1.29 is 10.0 Å². The number of aliphatic hydroxyl groups is 1. The quantitative estimate of drug-likeness (QED) is 0.607. The van der Waals surface area contributed by atoms with Crippen LogP contribution in [0.15, 0.2) is 0 Å². The molecule has 0 unspecified atom stereocenters. The van der Waals surface area contributed by atoms with Gasteiger partial charge in [-0.1, -0.05) is 13.3 Å². The maximum absolute atomic E-state index is 11.4. The third-order valence-corrected chi connectivity index (χ3v) is 3.86. The summed E-state index contributed by atoms with van der Waals surface area (Å²) in [5.41, 5.74) is 0.645. The zero-order chi connectivity index (χ0) is 14.7. The van der Waals surface area contributed by atoms with Crippen LogP contribution in [0.2, 0.25) is 0 Å². The van der Waals surface area contributed by atoms with Gasteiger partial charge in [-0.2, -0.15) is 5.10 Å². The van der Waals surface area contributed by atoms with Gasteiger partial charge in [0, 0.05) is 19.6 Å². The van der Waals surface area contributed by atoms with E-state index in [0.29, 0.717) is 24.5 Å². The van der Waals surface area contributed by atoms with Gasteiger partial charge in [-0.05, 0) is 25.7 Å². The summed E-state index contributed by atoms with van der Waals surface area (Å²) in [5, 5.41) is 25.0. The number of hydrogen-bond donors (Lipinski definition) is 1. The molecule has 0 bridgehead atoms. The summed E-state index contributed by atoms with van der Waals surface area (Å²) < 4.78 is 1.59. The lowest BCUT2D eigenvalue weighted by Gasteiger charge is -2.37. The predicted molar refractivity (Wildman–Crippen MR) is 75.9 cm³/mol. The number of nitrogens with zero attached hydrogens (tertiary/aromatic N) is 4. The van der Waals surface area contributed by atoms with E-state index in [1.165, 1.54) is 0 Å². The second-order valence-electron chi connectivity index (χ2n) is 5.25. The van der Waals surface area contributed by atoms with Crippen LogP contribution in [0.5, 0.6) is 0 Å². The molecule has 1 saturated carbocycles. The SMILES string of the molecule is CCCc1nn(C)c(N(CCO)C2CCC2)c1[N+](=O)[O-]. The highest BCUT2D eigenvalue weighted by molar-refractivity contribution is 5.62. The van der Waals surface area contributed by atoms with Crippen LogP contribution < -0.4 is 4.90 Å². The molecule has 0 amide bonds. The zero-order valence-electron chi connectivity index (χ0n) is 12.1. The van der Waals surface area contributed by atoms with Crippen molar-refractivity contribution >= 4 is 11.5 Å². The second-order valence-corrected chi connectivity index (χ2v) is 5.25. The van der Waals surface area contributed by atoms with Gasteiger partial charge < -0.3 is 10.0 Å². The molecule has 1 aliphatic carbocycles. The van der Waals surface area contributed by atoms with Gasteiger partial charge in [0.1, 0.15) is 5.69 Å². The Kier molecular flexibility index (Phi) is 4.59. The van der Waals surface area contributed by atoms with Crippen molar-refractivity contribution in [2.24, 2.45) is 7.05 Å². The lowest BCUT2D eigenvalue weighted by molar-refractivity contribution is -0.384. The Balaban J connectivity index is 2.43. The molecule has 0 saturated heterocycles. The van der Waals surface area contributed by atoms with E-state index in [1.54, 1.807) is 11.7 Å². The number of rotatable bonds is 7. The largest absolute Gasteiger partial charge is 0.395 e. The maximum atomic E-state index is 11.4. The number of anilines is 1. The van der Waals surface area contributed by atoms with Gasteiger partial charge in [0.05, 0.1) is 11.5 Å². The van der Waals surface area contributed by atoms with E-state index in [1.807, 2.05) is 11.8 Å². The molecule has 112 valence electrons. The van der Waals surface area contributed by atoms with Gasteiger partial charge in [-0.15, -0.1) is 0 Å². The first-order chi connectivity index (χ1) is 9.60. The highest BCUT2D eigenvalue weighted by Gasteiger charge is 2.35. The zero-order valence-corrected chi connectivity index (χ0v) is 12.1. The van der Waals surface area contributed by atoms with Crippen molar-refractivity contribution in [2.75, 3.05) is 18.1 Å². The van der Waals surface area contributed by atoms with E-state index >= 15 is 0 Å². The fourth-order valence-corrected chi connectivity index (χ4v) is 2.74. The number of hydrogen-bond acceptors (Lipinski definition) is 5. The van der Waals surface area contributed by atoms with Crippen molar-refractivity contribution in [2.45, 2.75) is 45.1 Å².